The molecule has 1 atom stereocenters. The molecule has 0 saturated carbocycles. The van der Waals surface area contributed by atoms with E-state index < -0.39 is 6.04 Å². The van der Waals surface area contributed by atoms with Crippen LogP contribution >= 0.6 is 0 Å². The van der Waals surface area contributed by atoms with E-state index in [4.69, 9.17) is 4.74 Å². The number of carbonyl (C=O) groups excluding carboxylic acids is 3. The summed E-state index contributed by atoms with van der Waals surface area (Å²) in [4.78, 5) is 42.5. The van der Waals surface area contributed by atoms with Gasteiger partial charge in [0.15, 0.2) is 0 Å². The summed E-state index contributed by atoms with van der Waals surface area (Å²) in [6.07, 6.45) is 0. The maximum absolute atomic E-state index is 12.9. The number of ether oxygens (including phenoxy) is 1. The summed E-state index contributed by atoms with van der Waals surface area (Å²) in [5, 5.41) is 2.82. The minimum Gasteiger partial charge on any atom is -0.497 e. The van der Waals surface area contributed by atoms with E-state index in [1.165, 1.54) is 12.0 Å². The lowest BCUT2D eigenvalue weighted by atomic mass is 10.2. The van der Waals surface area contributed by atoms with Gasteiger partial charge in [-0.05, 0) is 24.3 Å². The maximum atomic E-state index is 12.9. The molecular weight excluding hydrogens is 360 g/mol. The van der Waals surface area contributed by atoms with Gasteiger partial charge in [-0.15, -0.1) is 0 Å². The third-order valence-corrected chi connectivity index (χ3v) is 4.95. The van der Waals surface area contributed by atoms with Gasteiger partial charge in [-0.1, -0.05) is 24.3 Å². The highest BCUT2D eigenvalue weighted by molar-refractivity contribution is 6.21. The van der Waals surface area contributed by atoms with Crippen LogP contribution in [0.25, 0.3) is 0 Å². The number of anilines is 2. The minimum atomic E-state index is -0.686. The van der Waals surface area contributed by atoms with Crippen LogP contribution in [0.4, 0.5) is 21.0 Å². The Bertz CT molecular complexity index is 917. The van der Waals surface area contributed by atoms with E-state index >= 15 is 0 Å². The molecule has 2 aromatic rings. The second kappa shape index (κ2) is 7.22. The van der Waals surface area contributed by atoms with Crippen molar-refractivity contribution in [3.05, 3.63) is 54.6 Å². The molecule has 2 fully saturated rings. The first-order valence-corrected chi connectivity index (χ1v) is 8.98. The molecule has 2 heterocycles. The molecule has 2 aromatic carbocycles. The summed E-state index contributed by atoms with van der Waals surface area (Å²) in [6.45, 7) is 0.821. The Hall–Kier alpha value is -3.55. The SMILES string of the molecule is COc1cccc(N2C(=O)[C@H]3CN(C(=O)Nc4ccccc4)CCN3C2=O)c1. The summed E-state index contributed by atoms with van der Waals surface area (Å²) >= 11 is 0. The van der Waals surface area contributed by atoms with E-state index in [1.807, 2.05) is 18.2 Å². The van der Waals surface area contributed by atoms with Crippen LogP contribution in [0, 0.1) is 0 Å². The Morgan fingerprint density at radius 3 is 2.61 bits per heavy atom. The number of benzene rings is 2. The number of fused-ring (bicyclic) bond motifs is 1. The number of carbonyl (C=O) groups is 3. The molecule has 0 unspecified atom stereocenters. The number of urea groups is 2. The molecule has 4 rings (SSSR count). The first kappa shape index (κ1) is 17.8. The zero-order chi connectivity index (χ0) is 19.7. The number of imide groups is 1. The zero-order valence-electron chi connectivity index (χ0n) is 15.4. The van der Waals surface area contributed by atoms with Crippen LogP contribution in [0.1, 0.15) is 0 Å². The van der Waals surface area contributed by atoms with Crippen molar-refractivity contribution in [2.45, 2.75) is 6.04 Å². The highest BCUT2D eigenvalue weighted by atomic mass is 16.5. The fourth-order valence-electron chi connectivity index (χ4n) is 3.49. The normalized spacial score (nSPS) is 18.9. The molecule has 5 amide bonds. The van der Waals surface area contributed by atoms with Crippen LogP contribution in [0.15, 0.2) is 54.6 Å². The molecular formula is C20H20N4O4. The largest absolute Gasteiger partial charge is 0.497 e. The van der Waals surface area contributed by atoms with Gasteiger partial charge >= 0.3 is 12.1 Å². The monoisotopic (exact) mass is 380 g/mol. The summed E-state index contributed by atoms with van der Waals surface area (Å²) in [5.74, 6) is 0.224. The average Bonchev–Trinajstić information content (AvgIpc) is 2.98. The van der Waals surface area contributed by atoms with Crippen LogP contribution in [-0.2, 0) is 4.79 Å². The van der Waals surface area contributed by atoms with Gasteiger partial charge < -0.3 is 19.9 Å². The molecule has 0 bridgehead atoms. The minimum absolute atomic E-state index is 0.156. The van der Waals surface area contributed by atoms with Crippen molar-refractivity contribution < 1.29 is 19.1 Å². The Labute approximate surface area is 162 Å². The van der Waals surface area contributed by atoms with Gasteiger partial charge in [0.1, 0.15) is 11.8 Å². The number of methoxy groups -OCH3 is 1. The van der Waals surface area contributed by atoms with Crippen LogP contribution < -0.4 is 15.0 Å². The fraction of sp³-hybridized carbons (Fsp3) is 0.250. The zero-order valence-corrected chi connectivity index (χ0v) is 15.4. The van der Waals surface area contributed by atoms with Gasteiger partial charge in [-0.2, -0.15) is 0 Å². The summed E-state index contributed by atoms with van der Waals surface area (Å²) < 4.78 is 5.18. The van der Waals surface area contributed by atoms with E-state index in [2.05, 4.69) is 5.32 Å². The number of piperazine rings is 1. The molecule has 1 N–H and O–H groups in total. The number of nitrogens with one attached hydrogen (secondary N) is 1. The van der Waals surface area contributed by atoms with Gasteiger partial charge in [0.05, 0.1) is 19.3 Å². The lowest BCUT2D eigenvalue weighted by Crippen LogP contribution is -2.55. The van der Waals surface area contributed by atoms with Crippen LogP contribution in [0.2, 0.25) is 0 Å². The number of amides is 5. The second-order valence-corrected chi connectivity index (χ2v) is 6.61. The van der Waals surface area contributed by atoms with Gasteiger partial charge in [0, 0.05) is 24.8 Å². The number of para-hydroxylation sites is 1. The van der Waals surface area contributed by atoms with Crippen LogP contribution in [0.3, 0.4) is 0 Å². The second-order valence-electron chi connectivity index (χ2n) is 6.61. The molecule has 2 aliphatic rings. The molecule has 0 spiro atoms. The number of nitrogens with zero attached hydrogens (tertiary/aromatic N) is 3. The Balaban J connectivity index is 1.50. The highest BCUT2D eigenvalue weighted by Gasteiger charge is 2.49. The maximum Gasteiger partial charge on any atom is 0.332 e. The van der Waals surface area contributed by atoms with E-state index in [0.717, 1.165) is 4.90 Å². The van der Waals surface area contributed by atoms with E-state index in [9.17, 15) is 14.4 Å². The van der Waals surface area contributed by atoms with Crippen molar-refractivity contribution in [3.63, 3.8) is 0 Å². The number of rotatable bonds is 3. The summed E-state index contributed by atoms with van der Waals surface area (Å²) in [6, 6.07) is 14.6. The fourth-order valence-corrected chi connectivity index (χ4v) is 3.49. The predicted molar refractivity (Wildman–Crippen MR) is 103 cm³/mol. The van der Waals surface area contributed by atoms with E-state index in [1.54, 1.807) is 41.3 Å². The first-order chi connectivity index (χ1) is 13.6. The molecule has 0 aromatic heterocycles. The van der Waals surface area contributed by atoms with Crippen molar-refractivity contribution in [1.82, 2.24) is 9.80 Å². The quantitative estimate of drug-likeness (QED) is 0.829. The molecule has 2 saturated heterocycles. The third-order valence-electron chi connectivity index (χ3n) is 4.95. The smallest absolute Gasteiger partial charge is 0.332 e. The van der Waals surface area contributed by atoms with E-state index in [-0.39, 0.29) is 24.5 Å². The molecule has 2 aliphatic heterocycles. The average molecular weight is 380 g/mol. The summed E-state index contributed by atoms with van der Waals surface area (Å²) in [5.41, 5.74) is 1.14. The Morgan fingerprint density at radius 1 is 1.07 bits per heavy atom. The van der Waals surface area contributed by atoms with Crippen molar-refractivity contribution >= 4 is 29.3 Å². The van der Waals surface area contributed by atoms with Gasteiger partial charge in [0.25, 0.3) is 5.91 Å². The van der Waals surface area contributed by atoms with Gasteiger partial charge in [0.2, 0.25) is 0 Å². The molecule has 0 radical (unpaired) electrons. The van der Waals surface area contributed by atoms with E-state index in [0.29, 0.717) is 30.2 Å². The van der Waals surface area contributed by atoms with Crippen molar-refractivity contribution in [1.29, 1.82) is 0 Å². The molecule has 8 heteroatoms. The lowest BCUT2D eigenvalue weighted by Gasteiger charge is -2.35. The van der Waals surface area contributed by atoms with Crippen molar-refractivity contribution in [2.24, 2.45) is 0 Å². The molecule has 8 nitrogen and oxygen atoms in total. The molecule has 144 valence electrons. The standard InChI is InChI=1S/C20H20N4O4/c1-28-16-9-5-8-15(12-16)24-18(25)17-13-22(10-11-23(17)20(24)27)19(26)21-14-6-3-2-4-7-14/h2-9,12,17H,10-11,13H2,1H3,(H,21,26)/t17-/m1/s1. The molecule has 28 heavy (non-hydrogen) atoms. The predicted octanol–water partition coefficient (Wildman–Crippen LogP) is 2.38. The Morgan fingerprint density at radius 2 is 1.86 bits per heavy atom. The van der Waals surface area contributed by atoms with Gasteiger partial charge in [-0.25, -0.2) is 14.5 Å². The number of hydrogen-bond acceptors (Lipinski definition) is 4. The summed E-state index contributed by atoms with van der Waals surface area (Å²) in [7, 11) is 1.53. The van der Waals surface area contributed by atoms with Crippen LogP contribution in [-0.4, -0.2) is 60.6 Å². The van der Waals surface area contributed by atoms with Crippen molar-refractivity contribution in [3.8, 4) is 5.75 Å². The highest BCUT2D eigenvalue weighted by Crippen LogP contribution is 2.29. The van der Waals surface area contributed by atoms with Crippen molar-refractivity contribution in [2.75, 3.05) is 37.0 Å². The Kier molecular flexibility index (Phi) is 4.60. The lowest BCUT2D eigenvalue weighted by molar-refractivity contribution is -0.120. The topological polar surface area (TPSA) is 82.2 Å². The van der Waals surface area contributed by atoms with Crippen LogP contribution in [0.5, 0.6) is 5.75 Å². The first-order valence-electron chi connectivity index (χ1n) is 8.98. The number of hydrogen-bond donors (Lipinski definition) is 1. The molecule has 0 aliphatic carbocycles. The van der Waals surface area contributed by atoms with Gasteiger partial charge in [-0.3, -0.25) is 4.79 Å². The third kappa shape index (κ3) is 3.13.